The highest BCUT2D eigenvalue weighted by molar-refractivity contribution is 5.94. The number of piperazine rings is 1. The first-order valence-corrected chi connectivity index (χ1v) is 10.6. The van der Waals surface area contributed by atoms with Crippen molar-refractivity contribution in [3.63, 3.8) is 0 Å². The molecule has 5 rings (SSSR count). The van der Waals surface area contributed by atoms with Crippen molar-refractivity contribution in [1.29, 1.82) is 0 Å². The molecular weight excluding hydrogens is 404 g/mol. The molecule has 1 N–H and O–H groups in total. The molecule has 1 amide bonds. The van der Waals surface area contributed by atoms with E-state index in [0.717, 1.165) is 28.7 Å². The van der Waals surface area contributed by atoms with Crippen molar-refractivity contribution in [2.24, 2.45) is 0 Å². The van der Waals surface area contributed by atoms with Gasteiger partial charge in [0.25, 0.3) is 5.91 Å². The maximum Gasteiger partial charge on any atom is 0.272 e. The Hall–Kier alpha value is -4.01. The molecule has 0 aromatic carbocycles. The molecule has 9 heteroatoms. The first kappa shape index (κ1) is 19.9. The van der Waals surface area contributed by atoms with Crippen LogP contribution in [0, 0.1) is 13.8 Å². The number of hydrogen-bond acceptors (Lipinski definition) is 7. The largest absolute Gasteiger partial charge is 0.352 e. The van der Waals surface area contributed by atoms with Crippen LogP contribution >= 0.6 is 0 Å². The molecule has 0 spiro atoms. The molecule has 0 aliphatic carbocycles. The number of carbonyl (C=O) groups excluding carboxylic acids is 1. The lowest BCUT2D eigenvalue weighted by molar-refractivity contribution is 0.0738. The maximum atomic E-state index is 13.2. The summed E-state index contributed by atoms with van der Waals surface area (Å²) in [5, 5.41) is 11.8. The number of aryl methyl sites for hydroxylation is 2. The van der Waals surface area contributed by atoms with Crippen LogP contribution in [-0.2, 0) is 0 Å². The van der Waals surface area contributed by atoms with Gasteiger partial charge in [0.15, 0.2) is 11.6 Å². The number of nitrogens with one attached hydrogen (secondary N) is 1. The first-order valence-electron chi connectivity index (χ1n) is 10.6. The monoisotopic (exact) mass is 428 g/mol. The standard InChI is InChI=1S/C23H24N8O/c1-16-6-5-7-18(24-16)26-19-9-10-21(28-27-19)29-12-14-30(15-13-29)23(32)22-17(2)25-20-8-3-4-11-31(20)22/h3-11H,12-15H2,1-2H3,(H,24,26,27). The zero-order chi connectivity index (χ0) is 22.1. The Morgan fingerprint density at radius 3 is 2.47 bits per heavy atom. The minimum atomic E-state index is 0.0112. The van der Waals surface area contributed by atoms with E-state index in [0.29, 0.717) is 37.7 Å². The summed E-state index contributed by atoms with van der Waals surface area (Å²) in [6.07, 6.45) is 1.89. The fourth-order valence-corrected chi connectivity index (χ4v) is 3.96. The minimum absolute atomic E-state index is 0.0112. The fourth-order valence-electron chi connectivity index (χ4n) is 3.96. The molecule has 4 aromatic heterocycles. The van der Waals surface area contributed by atoms with E-state index < -0.39 is 0 Å². The number of imidazole rings is 1. The zero-order valence-corrected chi connectivity index (χ0v) is 18.1. The van der Waals surface area contributed by atoms with Crippen LogP contribution in [0.15, 0.2) is 54.7 Å². The molecule has 1 aliphatic rings. The number of hydrogen-bond donors (Lipinski definition) is 1. The Morgan fingerprint density at radius 1 is 0.875 bits per heavy atom. The number of fused-ring (bicyclic) bond motifs is 1. The van der Waals surface area contributed by atoms with E-state index in [1.54, 1.807) is 0 Å². The van der Waals surface area contributed by atoms with Crippen molar-refractivity contribution in [3.8, 4) is 0 Å². The normalized spacial score (nSPS) is 14.1. The topological polar surface area (TPSA) is 91.5 Å². The van der Waals surface area contributed by atoms with Gasteiger partial charge in [-0.1, -0.05) is 12.1 Å². The van der Waals surface area contributed by atoms with Crippen molar-refractivity contribution >= 4 is 29.0 Å². The van der Waals surface area contributed by atoms with Gasteiger partial charge in [-0.3, -0.25) is 9.20 Å². The van der Waals surface area contributed by atoms with Crippen molar-refractivity contribution in [2.75, 3.05) is 36.4 Å². The summed E-state index contributed by atoms with van der Waals surface area (Å²) in [5.41, 5.74) is 3.11. The Kier molecular flexibility index (Phi) is 5.14. The van der Waals surface area contributed by atoms with Crippen LogP contribution in [0.2, 0.25) is 0 Å². The zero-order valence-electron chi connectivity index (χ0n) is 18.1. The van der Waals surface area contributed by atoms with E-state index in [1.165, 1.54) is 0 Å². The molecule has 32 heavy (non-hydrogen) atoms. The maximum absolute atomic E-state index is 13.2. The quantitative estimate of drug-likeness (QED) is 0.534. The summed E-state index contributed by atoms with van der Waals surface area (Å²) in [6, 6.07) is 15.4. The molecule has 0 saturated carbocycles. The smallest absolute Gasteiger partial charge is 0.272 e. The third-order valence-electron chi connectivity index (χ3n) is 5.59. The second kappa shape index (κ2) is 8.26. The van der Waals surface area contributed by atoms with Crippen molar-refractivity contribution in [1.82, 2.24) is 29.5 Å². The lowest BCUT2D eigenvalue weighted by Gasteiger charge is -2.35. The summed E-state index contributed by atoms with van der Waals surface area (Å²) in [5.74, 6) is 2.19. The number of pyridine rings is 2. The van der Waals surface area contributed by atoms with Crippen LogP contribution in [0.1, 0.15) is 21.9 Å². The molecule has 0 atom stereocenters. The van der Waals surface area contributed by atoms with Crippen LogP contribution in [0.5, 0.6) is 0 Å². The van der Waals surface area contributed by atoms with Gasteiger partial charge in [-0.2, -0.15) is 0 Å². The van der Waals surface area contributed by atoms with Gasteiger partial charge >= 0.3 is 0 Å². The number of anilines is 3. The van der Waals surface area contributed by atoms with E-state index in [-0.39, 0.29) is 5.91 Å². The highest BCUT2D eigenvalue weighted by Gasteiger charge is 2.26. The van der Waals surface area contributed by atoms with Crippen LogP contribution in [0.3, 0.4) is 0 Å². The second-order valence-corrected chi connectivity index (χ2v) is 7.82. The van der Waals surface area contributed by atoms with Gasteiger partial charge in [-0.05, 0) is 50.2 Å². The Labute approximate surface area is 185 Å². The Bertz CT molecular complexity index is 1260. The van der Waals surface area contributed by atoms with Crippen molar-refractivity contribution < 1.29 is 4.79 Å². The summed E-state index contributed by atoms with van der Waals surface area (Å²) in [4.78, 5) is 26.1. The minimum Gasteiger partial charge on any atom is -0.352 e. The molecule has 9 nitrogen and oxygen atoms in total. The van der Waals surface area contributed by atoms with E-state index >= 15 is 0 Å². The number of carbonyl (C=O) groups is 1. The predicted octanol–water partition coefficient (Wildman–Crippen LogP) is 2.84. The number of amides is 1. The van der Waals surface area contributed by atoms with Crippen molar-refractivity contribution in [2.45, 2.75) is 13.8 Å². The van der Waals surface area contributed by atoms with Gasteiger partial charge in [0.2, 0.25) is 0 Å². The predicted molar refractivity (Wildman–Crippen MR) is 122 cm³/mol. The summed E-state index contributed by atoms with van der Waals surface area (Å²) < 4.78 is 1.87. The Morgan fingerprint density at radius 2 is 1.72 bits per heavy atom. The lowest BCUT2D eigenvalue weighted by atomic mass is 10.2. The molecule has 1 saturated heterocycles. The van der Waals surface area contributed by atoms with Crippen LogP contribution < -0.4 is 10.2 Å². The van der Waals surface area contributed by atoms with E-state index in [4.69, 9.17) is 0 Å². The van der Waals surface area contributed by atoms with Gasteiger partial charge in [0.1, 0.15) is 17.2 Å². The molecule has 0 bridgehead atoms. The molecule has 4 aromatic rings. The summed E-state index contributed by atoms with van der Waals surface area (Å²) in [6.45, 7) is 6.46. The van der Waals surface area contributed by atoms with Crippen LogP contribution in [-0.4, -0.2) is 61.6 Å². The molecule has 1 aliphatic heterocycles. The number of aromatic nitrogens is 5. The number of nitrogens with zero attached hydrogens (tertiary/aromatic N) is 7. The Balaban J connectivity index is 1.23. The van der Waals surface area contributed by atoms with Gasteiger partial charge in [0, 0.05) is 38.1 Å². The van der Waals surface area contributed by atoms with Crippen molar-refractivity contribution in [3.05, 3.63) is 71.8 Å². The van der Waals surface area contributed by atoms with Gasteiger partial charge in [-0.25, -0.2) is 9.97 Å². The molecular formula is C23H24N8O. The van der Waals surface area contributed by atoms with Gasteiger partial charge < -0.3 is 15.1 Å². The molecule has 162 valence electrons. The van der Waals surface area contributed by atoms with E-state index in [9.17, 15) is 4.79 Å². The third-order valence-corrected chi connectivity index (χ3v) is 5.59. The second-order valence-electron chi connectivity index (χ2n) is 7.82. The summed E-state index contributed by atoms with van der Waals surface area (Å²) >= 11 is 0. The average molecular weight is 429 g/mol. The molecule has 0 radical (unpaired) electrons. The SMILES string of the molecule is Cc1cccc(Nc2ccc(N3CCN(C(=O)c4c(C)nc5ccccn45)CC3)nn2)n1. The van der Waals surface area contributed by atoms with Crippen LogP contribution in [0.4, 0.5) is 17.5 Å². The average Bonchev–Trinajstić information content (AvgIpc) is 3.15. The third kappa shape index (κ3) is 3.84. The van der Waals surface area contributed by atoms with Crippen LogP contribution in [0.25, 0.3) is 5.65 Å². The number of rotatable bonds is 4. The van der Waals surface area contributed by atoms with E-state index in [1.807, 2.05) is 77.9 Å². The molecule has 5 heterocycles. The van der Waals surface area contributed by atoms with E-state index in [2.05, 4.69) is 30.4 Å². The fraction of sp³-hybridized carbons (Fsp3) is 0.261. The van der Waals surface area contributed by atoms with Gasteiger partial charge in [-0.15, -0.1) is 10.2 Å². The first-order chi connectivity index (χ1) is 15.6. The molecule has 1 fully saturated rings. The highest BCUT2D eigenvalue weighted by atomic mass is 16.2. The lowest BCUT2D eigenvalue weighted by Crippen LogP contribution is -2.49. The van der Waals surface area contributed by atoms with Gasteiger partial charge in [0.05, 0.1) is 5.69 Å². The highest BCUT2D eigenvalue weighted by Crippen LogP contribution is 2.19. The summed E-state index contributed by atoms with van der Waals surface area (Å²) in [7, 11) is 0. The molecule has 0 unspecified atom stereocenters.